The summed E-state index contributed by atoms with van der Waals surface area (Å²) in [4.78, 5) is 39.4. The second-order valence-corrected chi connectivity index (χ2v) is 14.3. The van der Waals surface area contributed by atoms with Crippen molar-refractivity contribution in [3.63, 3.8) is 0 Å². The van der Waals surface area contributed by atoms with Gasteiger partial charge in [-0.05, 0) is 55.9 Å². The van der Waals surface area contributed by atoms with Crippen LogP contribution in [0.2, 0.25) is 15.1 Å². The number of halogens is 4. The summed E-state index contributed by atoms with van der Waals surface area (Å²) in [7, 11) is 0. The fraction of sp³-hybridized carbons (Fsp3) is 0.486. The first-order chi connectivity index (χ1) is 23.2. The molecule has 1 atom stereocenters. The molecule has 11 heteroatoms. The van der Waals surface area contributed by atoms with Crippen LogP contribution in [0.5, 0.6) is 0 Å². The molecular weight excluding hydrogens is 690 g/mol. The van der Waals surface area contributed by atoms with Crippen molar-refractivity contribution in [1.82, 2.24) is 14.8 Å². The number of unbranched alkanes of at least 4 members (excludes halogenated alkanes) is 10. The van der Waals surface area contributed by atoms with Gasteiger partial charge in [-0.2, -0.15) is 5.01 Å². The van der Waals surface area contributed by atoms with Gasteiger partial charge in [0.05, 0.1) is 15.7 Å². The van der Waals surface area contributed by atoms with Crippen LogP contribution < -0.4 is 10.6 Å². The first kappa shape index (κ1) is 38.1. The Morgan fingerprint density at radius 3 is 2.04 bits per heavy atom. The number of nitrogens with zero attached hydrogens (tertiary/aromatic N) is 3. The highest BCUT2D eigenvalue weighted by Gasteiger charge is 2.37. The lowest BCUT2D eigenvalue weighted by atomic mass is 10.0. The summed E-state index contributed by atoms with van der Waals surface area (Å²) in [5.41, 5.74) is 1.10. The van der Waals surface area contributed by atoms with Crippen LogP contribution in [-0.2, 0) is 16.0 Å². The maximum atomic E-state index is 13.3. The number of rotatable bonds is 20. The van der Waals surface area contributed by atoms with Crippen LogP contribution in [0.25, 0.3) is 5.69 Å². The molecule has 2 heterocycles. The average Bonchev–Trinajstić information content (AvgIpc) is 3.58. The summed E-state index contributed by atoms with van der Waals surface area (Å²) in [6, 6.07) is 11.7. The number of nitrogens with one attached hydrogen (secondary N) is 1. The number of H-pyrrole nitrogens is 1. The number of allylic oxidation sites excluding steroid dienone is 2. The van der Waals surface area contributed by atoms with Crippen molar-refractivity contribution in [2.45, 2.75) is 115 Å². The molecule has 0 radical (unpaired) electrons. The van der Waals surface area contributed by atoms with E-state index < -0.39 is 5.56 Å². The van der Waals surface area contributed by atoms with Gasteiger partial charge in [-0.1, -0.05) is 130 Å². The zero-order valence-electron chi connectivity index (χ0n) is 27.7. The molecule has 1 unspecified atom stereocenters. The van der Waals surface area contributed by atoms with Crippen LogP contribution in [0.1, 0.15) is 109 Å². The molecule has 48 heavy (non-hydrogen) atoms. The van der Waals surface area contributed by atoms with Gasteiger partial charge in [0.25, 0.3) is 5.56 Å². The third-order valence-corrected chi connectivity index (χ3v) is 9.73. The molecule has 1 fully saturated rings. The Morgan fingerprint density at radius 1 is 0.812 bits per heavy atom. The number of amides is 2. The Bertz CT molecular complexity index is 1560. The molecule has 1 aromatic heterocycles. The second-order valence-electron chi connectivity index (χ2n) is 12.4. The lowest BCUT2D eigenvalue weighted by Crippen LogP contribution is -2.44. The summed E-state index contributed by atoms with van der Waals surface area (Å²) in [5, 5.41) is 6.00. The number of hydrogen-bond acceptors (Lipinski definition) is 4. The van der Waals surface area contributed by atoms with Gasteiger partial charge in [0, 0.05) is 29.3 Å². The van der Waals surface area contributed by atoms with Crippen LogP contribution >= 0.6 is 46.4 Å². The van der Waals surface area contributed by atoms with E-state index in [4.69, 9.17) is 46.4 Å². The molecule has 1 N–H and O–H groups in total. The van der Waals surface area contributed by atoms with E-state index in [1.165, 1.54) is 92.1 Å². The van der Waals surface area contributed by atoms with Crippen molar-refractivity contribution in [3.8, 4) is 5.69 Å². The number of aromatic nitrogens is 2. The van der Waals surface area contributed by atoms with Crippen LogP contribution in [0.3, 0.4) is 0 Å². The van der Waals surface area contributed by atoms with Crippen molar-refractivity contribution < 1.29 is 9.59 Å². The van der Waals surface area contributed by atoms with Gasteiger partial charge < -0.3 is 0 Å². The lowest BCUT2D eigenvalue weighted by molar-refractivity contribution is -0.138. The minimum Gasteiger partial charge on any atom is -0.274 e. The Hall–Kier alpha value is -2.71. The average molecular weight is 737 g/mol. The van der Waals surface area contributed by atoms with Crippen molar-refractivity contribution in [1.29, 1.82) is 0 Å². The highest BCUT2D eigenvalue weighted by Crippen LogP contribution is 2.35. The molecule has 1 aliphatic rings. The van der Waals surface area contributed by atoms with E-state index in [2.05, 4.69) is 24.2 Å². The van der Waals surface area contributed by atoms with Gasteiger partial charge in [0.15, 0.2) is 5.82 Å². The highest BCUT2D eigenvalue weighted by atomic mass is 35.5. The number of alkyl halides is 1. The molecule has 260 valence electrons. The predicted octanol–water partition coefficient (Wildman–Crippen LogP) is 11.1. The summed E-state index contributed by atoms with van der Waals surface area (Å²) < 4.78 is 1.17. The van der Waals surface area contributed by atoms with Crippen LogP contribution in [0.4, 0.5) is 11.5 Å². The molecule has 0 bridgehead atoms. The van der Waals surface area contributed by atoms with Gasteiger partial charge in [-0.3, -0.25) is 19.5 Å². The first-order valence-corrected chi connectivity index (χ1v) is 18.8. The van der Waals surface area contributed by atoms with E-state index in [-0.39, 0.29) is 51.6 Å². The molecule has 1 aliphatic heterocycles. The van der Waals surface area contributed by atoms with E-state index >= 15 is 0 Å². The molecule has 2 amide bonds. The molecule has 1 saturated heterocycles. The summed E-state index contributed by atoms with van der Waals surface area (Å²) >= 11 is 25.8. The van der Waals surface area contributed by atoms with Crippen molar-refractivity contribution in [3.05, 3.63) is 85.6 Å². The number of hydrogen-bond donors (Lipinski definition) is 1. The number of para-hydroxylation sites is 1. The standard InChI is InChI=1S/C37H46Cl4N4O3/c1-2-3-4-5-6-7-8-9-10-11-12-13-14-15-19-28(38)23-27-18-16-17-20-32(27)44(45-34(46)21-22-35(45)47)33-26-36(48)43(42-33)37-30(40)24-29(39)25-31(37)41/h13-14,16-18,20,24-26,28,42H,2-12,15,19,21-23H2,1H3. The molecule has 0 saturated carbocycles. The first-order valence-electron chi connectivity index (χ1n) is 17.2. The Labute approximate surface area is 304 Å². The Morgan fingerprint density at radius 2 is 1.40 bits per heavy atom. The Balaban J connectivity index is 1.40. The fourth-order valence-corrected chi connectivity index (χ4v) is 7.31. The summed E-state index contributed by atoms with van der Waals surface area (Å²) in [6.45, 7) is 2.26. The summed E-state index contributed by atoms with van der Waals surface area (Å²) in [5.74, 6) is -0.555. The third kappa shape index (κ3) is 10.6. The maximum absolute atomic E-state index is 13.3. The van der Waals surface area contributed by atoms with Crippen molar-refractivity contribution >= 4 is 69.7 Å². The number of aromatic amines is 1. The molecular formula is C37H46Cl4N4O3. The van der Waals surface area contributed by atoms with Gasteiger partial charge >= 0.3 is 0 Å². The van der Waals surface area contributed by atoms with Gasteiger partial charge in [-0.15, -0.1) is 11.6 Å². The minimum absolute atomic E-state index is 0.0703. The van der Waals surface area contributed by atoms with E-state index in [0.717, 1.165) is 29.8 Å². The maximum Gasteiger partial charge on any atom is 0.273 e. The van der Waals surface area contributed by atoms with E-state index in [9.17, 15) is 14.4 Å². The lowest BCUT2D eigenvalue weighted by Gasteiger charge is -2.32. The molecule has 7 nitrogen and oxygen atoms in total. The SMILES string of the molecule is CCCCCCCCCCCCC=CCCC(Cl)Cc1ccccc1N(c1cc(=O)n(-c2c(Cl)cc(Cl)cc2Cl)[nH]1)N1C(=O)CCC1=O. The Kier molecular flexibility index (Phi) is 15.5. The molecule has 0 spiro atoms. The van der Waals surface area contributed by atoms with Crippen molar-refractivity contribution in [2.24, 2.45) is 0 Å². The zero-order valence-corrected chi connectivity index (χ0v) is 30.7. The topological polar surface area (TPSA) is 78.4 Å². The van der Waals surface area contributed by atoms with Gasteiger partial charge in [0.2, 0.25) is 11.8 Å². The van der Waals surface area contributed by atoms with Crippen LogP contribution in [0, 0.1) is 0 Å². The highest BCUT2D eigenvalue weighted by molar-refractivity contribution is 6.40. The molecule has 3 aromatic rings. The monoisotopic (exact) mass is 734 g/mol. The largest absolute Gasteiger partial charge is 0.274 e. The number of carbonyl (C=O) groups is 2. The van der Waals surface area contributed by atoms with Crippen molar-refractivity contribution in [2.75, 3.05) is 5.01 Å². The number of anilines is 2. The second kappa shape index (κ2) is 19.5. The normalized spacial score (nSPS) is 14.1. The van der Waals surface area contributed by atoms with E-state index in [1.807, 2.05) is 24.3 Å². The molecule has 2 aromatic carbocycles. The third-order valence-electron chi connectivity index (χ3n) is 8.56. The molecule has 0 aliphatic carbocycles. The predicted molar refractivity (Wildman–Crippen MR) is 199 cm³/mol. The fourth-order valence-electron chi connectivity index (χ4n) is 6.03. The van der Waals surface area contributed by atoms with E-state index in [0.29, 0.717) is 17.1 Å². The van der Waals surface area contributed by atoms with Crippen LogP contribution in [0.15, 0.2) is 59.4 Å². The smallest absolute Gasteiger partial charge is 0.273 e. The number of carbonyl (C=O) groups excluding carboxylic acids is 2. The number of benzene rings is 2. The van der Waals surface area contributed by atoms with Crippen LogP contribution in [-0.4, -0.2) is 32.0 Å². The quantitative estimate of drug-likeness (QED) is 0.0542. The molecule has 4 rings (SSSR count). The van der Waals surface area contributed by atoms with Gasteiger partial charge in [0.1, 0.15) is 5.69 Å². The van der Waals surface area contributed by atoms with E-state index in [1.54, 1.807) is 0 Å². The minimum atomic E-state index is -0.488. The summed E-state index contributed by atoms with van der Waals surface area (Å²) in [6.07, 6.45) is 21.1. The number of imide groups is 1. The zero-order chi connectivity index (χ0) is 34.5. The van der Waals surface area contributed by atoms with Gasteiger partial charge in [-0.25, -0.2) is 9.69 Å². The number of hydrazine groups is 1.